The summed E-state index contributed by atoms with van der Waals surface area (Å²) in [5.41, 5.74) is 11.2. The molecule has 4 aromatic rings. The second kappa shape index (κ2) is 8.96. The molecule has 1 aliphatic rings. The molecule has 7 nitrogen and oxygen atoms in total. The number of fused-ring (bicyclic) bond motifs is 1. The van der Waals surface area contributed by atoms with Crippen LogP contribution in [-0.4, -0.2) is 26.1 Å². The molecule has 0 bridgehead atoms. The zero-order chi connectivity index (χ0) is 22.8. The van der Waals surface area contributed by atoms with Crippen LogP contribution in [-0.2, 0) is 6.42 Å². The number of benzene rings is 2. The summed E-state index contributed by atoms with van der Waals surface area (Å²) in [7, 11) is 0. The number of hydrogen-bond donors (Lipinski definition) is 2. The van der Waals surface area contributed by atoms with Crippen molar-refractivity contribution in [1.82, 2.24) is 19.5 Å². The fourth-order valence-electron chi connectivity index (χ4n) is 4.18. The fourth-order valence-corrected chi connectivity index (χ4v) is 4.33. The molecule has 0 radical (unpaired) electrons. The molecule has 33 heavy (non-hydrogen) atoms. The predicted molar refractivity (Wildman–Crippen MR) is 131 cm³/mol. The summed E-state index contributed by atoms with van der Waals surface area (Å²) < 4.78 is 7.69. The highest BCUT2D eigenvalue weighted by Crippen LogP contribution is 2.39. The van der Waals surface area contributed by atoms with Crippen LogP contribution in [0.25, 0.3) is 5.69 Å². The third-order valence-electron chi connectivity index (χ3n) is 5.69. The Balaban J connectivity index is 1.47. The van der Waals surface area contributed by atoms with Crippen LogP contribution in [0.15, 0.2) is 73.7 Å². The highest BCUT2D eigenvalue weighted by molar-refractivity contribution is 6.29. The van der Waals surface area contributed by atoms with E-state index in [-0.39, 0.29) is 5.92 Å². The minimum absolute atomic E-state index is 0.215. The zero-order valence-electron chi connectivity index (χ0n) is 17.9. The van der Waals surface area contributed by atoms with Crippen LogP contribution in [0.5, 0.6) is 5.75 Å². The van der Waals surface area contributed by atoms with Crippen molar-refractivity contribution < 1.29 is 4.74 Å². The van der Waals surface area contributed by atoms with E-state index >= 15 is 0 Å². The first-order chi connectivity index (χ1) is 16.1. The van der Waals surface area contributed by atoms with Gasteiger partial charge in [0.05, 0.1) is 11.4 Å². The van der Waals surface area contributed by atoms with Crippen LogP contribution in [0.2, 0.25) is 5.15 Å². The van der Waals surface area contributed by atoms with Gasteiger partial charge in [-0.05, 0) is 30.5 Å². The van der Waals surface area contributed by atoms with Crippen LogP contribution in [0.1, 0.15) is 29.2 Å². The number of rotatable bonds is 7. The van der Waals surface area contributed by atoms with Crippen molar-refractivity contribution in [3.05, 3.63) is 95.7 Å². The zero-order valence-corrected chi connectivity index (χ0v) is 18.7. The number of hydrogen-bond acceptors (Lipinski definition) is 6. The maximum absolute atomic E-state index is 6.32. The van der Waals surface area contributed by atoms with Gasteiger partial charge >= 0.3 is 0 Å². The third kappa shape index (κ3) is 4.27. The van der Waals surface area contributed by atoms with Crippen molar-refractivity contribution in [1.29, 1.82) is 0 Å². The Bertz CT molecular complexity index is 1300. The van der Waals surface area contributed by atoms with E-state index in [4.69, 9.17) is 27.1 Å². The van der Waals surface area contributed by atoms with Gasteiger partial charge in [0.1, 0.15) is 29.7 Å². The maximum atomic E-state index is 6.32. The molecule has 0 spiro atoms. The van der Waals surface area contributed by atoms with Gasteiger partial charge in [0, 0.05) is 29.4 Å². The first kappa shape index (κ1) is 21.0. The summed E-state index contributed by atoms with van der Waals surface area (Å²) in [6, 6.07) is 16.1. The van der Waals surface area contributed by atoms with Crippen molar-refractivity contribution >= 4 is 29.1 Å². The summed E-state index contributed by atoms with van der Waals surface area (Å²) in [5.74, 6) is 1.84. The summed E-state index contributed by atoms with van der Waals surface area (Å²) in [4.78, 5) is 13.4. The SMILES string of the molecule is C=CCOc1cc(Nc2nc(N)c3c(n2)C(c2ccccc2)CC3)ccc1-n1cnc(Cl)c1. The first-order valence-electron chi connectivity index (χ1n) is 10.7. The molecule has 0 aliphatic heterocycles. The normalized spacial score (nSPS) is 14.6. The van der Waals surface area contributed by atoms with Gasteiger partial charge in [-0.2, -0.15) is 4.98 Å². The highest BCUT2D eigenvalue weighted by atomic mass is 35.5. The molecule has 0 saturated heterocycles. The topological polar surface area (TPSA) is 90.9 Å². The fraction of sp³-hybridized carbons (Fsp3) is 0.160. The van der Waals surface area contributed by atoms with E-state index in [2.05, 4.69) is 46.1 Å². The van der Waals surface area contributed by atoms with Gasteiger partial charge in [-0.15, -0.1) is 0 Å². The number of imidazole rings is 1. The van der Waals surface area contributed by atoms with Crippen LogP contribution in [0, 0.1) is 0 Å². The van der Waals surface area contributed by atoms with Gasteiger partial charge in [0.15, 0.2) is 0 Å². The minimum Gasteiger partial charge on any atom is -0.487 e. The van der Waals surface area contributed by atoms with E-state index in [1.165, 1.54) is 5.56 Å². The molecule has 166 valence electrons. The summed E-state index contributed by atoms with van der Waals surface area (Å²) >= 11 is 5.99. The number of aromatic nitrogens is 4. The molecule has 0 saturated carbocycles. The number of anilines is 3. The van der Waals surface area contributed by atoms with E-state index in [9.17, 15) is 0 Å². The van der Waals surface area contributed by atoms with Gasteiger partial charge in [0.2, 0.25) is 5.95 Å². The lowest BCUT2D eigenvalue weighted by molar-refractivity contribution is 0.362. The van der Waals surface area contributed by atoms with Gasteiger partial charge in [-0.1, -0.05) is 54.6 Å². The largest absolute Gasteiger partial charge is 0.487 e. The highest BCUT2D eigenvalue weighted by Gasteiger charge is 2.28. The van der Waals surface area contributed by atoms with Crippen LogP contribution < -0.4 is 15.8 Å². The van der Waals surface area contributed by atoms with Crippen molar-refractivity contribution in [3.63, 3.8) is 0 Å². The molecule has 2 aromatic heterocycles. The smallest absolute Gasteiger partial charge is 0.229 e. The summed E-state index contributed by atoms with van der Waals surface area (Å²) in [6.45, 7) is 4.09. The molecule has 0 amide bonds. The molecule has 3 N–H and O–H groups in total. The molecule has 1 unspecified atom stereocenters. The quantitative estimate of drug-likeness (QED) is 0.366. The molecule has 0 fully saturated rings. The second-order valence-corrected chi connectivity index (χ2v) is 8.20. The lowest BCUT2D eigenvalue weighted by atomic mass is 9.97. The number of nitrogens with one attached hydrogen (secondary N) is 1. The Morgan fingerprint density at radius 1 is 1.21 bits per heavy atom. The molecule has 1 atom stereocenters. The lowest BCUT2D eigenvalue weighted by Gasteiger charge is -2.15. The second-order valence-electron chi connectivity index (χ2n) is 7.81. The molecular weight excluding hydrogens is 436 g/mol. The average Bonchev–Trinajstić information content (AvgIpc) is 3.45. The van der Waals surface area contributed by atoms with Crippen molar-refractivity contribution in [2.75, 3.05) is 17.7 Å². The van der Waals surface area contributed by atoms with E-state index in [0.717, 1.165) is 35.5 Å². The predicted octanol–water partition coefficient (Wildman–Crippen LogP) is 5.28. The summed E-state index contributed by atoms with van der Waals surface area (Å²) in [6.07, 6.45) is 6.91. The average molecular weight is 459 g/mol. The van der Waals surface area contributed by atoms with Crippen molar-refractivity contribution in [3.8, 4) is 11.4 Å². The van der Waals surface area contributed by atoms with E-state index in [0.29, 0.717) is 29.3 Å². The number of nitrogen functional groups attached to an aromatic ring is 1. The van der Waals surface area contributed by atoms with Crippen LogP contribution in [0.3, 0.4) is 0 Å². The van der Waals surface area contributed by atoms with Gasteiger partial charge in [0.25, 0.3) is 0 Å². The molecule has 1 aliphatic carbocycles. The van der Waals surface area contributed by atoms with Crippen LogP contribution in [0.4, 0.5) is 17.5 Å². The monoisotopic (exact) mass is 458 g/mol. The maximum Gasteiger partial charge on any atom is 0.229 e. The van der Waals surface area contributed by atoms with E-state index in [1.54, 1.807) is 23.2 Å². The van der Waals surface area contributed by atoms with Gasteiger partial charge in [-0.3, -0.25) is 0 Å². The number of nitrogens with zero attached hydrogens (tertiary/aromatic N) is 4. The lowest BCUT2D eigenvalue weighted by Crippen LogP contribution is -2.08. The van der Waals surface area contributed by atoms with Gasteiger partial charge in [-0.25, -0.2) is 9.97 Å². The Kier molecular flexibility index (Phi) is 5.71. The number of ether oxygens (including phenoxy) is 1. The standard InChI is InChI=1S/C25H23ClN6O/c1-2-12-33-21-13-17(8-11-20(21)32-14-22(26)28-15-32)29-25-30-23-18(16-6-4-3-5-7-16)9-10-19(23)24(27)31-25/h2-8,11,13-15,18H,1,9-10,12H2,(H3,27,29,30,31). The molecule has 8 heteroatoms. The molecule has 2 heterocycles. The first-order valence-corrected chi connectivity index (χ1v) is 11.1. The number of halogens is 1. The number of nitrogens with two attached hydrogens (primary N) is 1. The van der Waals surface area contributed by atoms with Crippen molar-refractivity contribution in [2.24, 2.45) is 0 Å². The van der Waals surface area contributed by atoms with Crippen LogP contribution >= 0.6 is 11.6 Å². The molecular formula is C25H23ClN6O. The minimum atomic E-state index is 0.215. The molecule has 5 rings (SSSR count). The Morgan fingerprint density at radius 2 is 2.06 bits per heavy atom. The third-order valence-corrected chi connectivity index (χ3v) is 5.88. The van der Waals surface area contributed by atoms with E-state index < -0.39 is 0 Å². The van der Waals surface area contributed by atoms with E-state index in [1.807, 2.05) is 24.3 Å². The Labute approximate surface area is 196 Å². The van der Waals surface area contributed by atoms with Gasteiger partial charge < -0.3 is 20.4 Å². The Hall–Kier alpha value is -3.84. The summed E-state index contributed by atoms with van der Waals surface area (Å²) in [5, 5.41) is 3.69. The Morgan fingerprint density at radius 3 is 2.82 bits per heavy atom. The molecule has 2 aromatic carbocycles. The van der Waals surface area contributed by atoms with Crippen molar-refractivity contribution in [2.45, 2.75) is 18.8 Å².